The second-order valence-corrected chi connectivity index (χ2v) is 8.55. The summed E-state index contributed by atoms with van der Waals surface area (Å²) >= 11 is 1.33. The van der Waals surface area contributed by atoms with Gasteiger partial charge in [0.05, 0.1) is 17.2 Å². The average Bonchev–Trinajstić information content (AvgIpc) is 2.76. The Kier molecular flexibility index (Phi) is 3.62. The van der Waals surface area contributed by atoms with Gasteiger partial charge in [0.15, 0.2) is 9.84 Å². The number of nitrogens with one attached hydrogen (secondary N) is 1. The van der Waals surface area contributed by atoms with Gasteiger partial charge in [0.2, 0.25) is 0 Å². The third kappa shape index (κ3) is 2.89. The van der Waals surface area contributed by atoms with E-state index in [2.05, 4.69) is 5.32 Å². The highest BCUT2D eigenvalue weighted by atomic mass is 32.2. The zero-order chi connectivity index (χ0) is 15.0. The number of hydrogen-bond donors (Lipinski definition) is 2. The molecule has 1 atom stereocenters. The van der Waals surface area contributed by atoms with E-state index in [1.165, 1.54) is 11.3 Å². The Balaban J connectivity index is 1.82. The van der Waals surface area contributed by atoms with Gasteiger partial charge in [-0.25, -0.2) is 8.42 Å². The first-order valence-electron chi connectivity index (χ1n) is 6.74. The van der Waals surface area contributed by atoms with Crippen LogP contribution in [0.3, 0.4) is 0 Å². The minimum atomic E-state index is -3.04. The Morgan fingerprint density at radius 1 is 1.33 bits per heavy atom. The van der Waals surface area contributed by atoms with Crippen molar-refractivity contribution >= 4 is 42.9 Å². The van der Waals surface area contributed by atoms with E-state index in [4.69, 9.17) is 5.73 Å². The smallest absolute Gasteiger partial charge is 0.263 e. The SMILES string of the molecule is Nc1c(C(=O)NC2CCCS(=O)(=O)C2)sc2ccccc12. The van der Waals surface area contributed by atoms with Crippen LogP contribution in [0, 0.1) is 0 Å². The Hall–Kier alpha value is -1.60. The normalized spacial score (nSPS) is 21.2. The highest BCUT2D eigenvalue weighted by Gasteiger charge is 2.27. The van der Waals surface area contributed by atoms with Crippen LogP contribution in [0.1, 0.15) is 22.5 Å². The third-order valence-electron chi connectivity index (χ3n) is 3.64. The van der Waals surface area contributed by atoms with Crippen LogP contribution in [-0.4, -0.2) is 31.9 Å². The minimum absolute atomic E-state index is 0.0174. The van der Waals surface area contributed by atoms with Crippen molar-refractivity contribution in [1.82, 2.24) is 5.32 Å². The van der Waals surface area contributed by atoms with E-state index in [9.17, 15) is 13.2 Å². The number of nitrogens with two attached hydrogens (primary N) is 1. The van der Waals surface area contributed by atoms with Crippen LogP contribution < -0.4 is 11.1 Å². The van der Waals surface area contributed by atoms with Gasteiger partial charge in [-0.05, 0) is 18.9 Å². The van der Waals surface area contributed by atoms with Crippen molar-refractivity contribution in [2.75, 3.05) is 17.2 Å². The summed E-state index contributed by atoms with van der Waals surface area (Å²) in [5.41, 5.74) is 6.49. The second-order valence-electron chi connectivity index (χ2n) is 5.27. The van der Waals surface area contributed by atoms with Crippen molar-refractivity contribution in [2.24, 2.45) is 0 Å². The molecule has 0 saturated carbocycles. The largest absolute Gasteiger partial charge is 0.397 e. The summed E-state index contributed by atoms with van der Waals surface area (Å²) in [4.78, 5) is 12.8. The summed E-state index contributed by atoms with van der Waals surface area (Å²) in [7, 11) is -3.04. The zero-order valence-electron chi connectivity index (χ0n) is 11.3. The molecule has 7 heteroatoms. The number of fused-ring (bicyclic) bond motifs is 1. The van der Waals surface area contributed by atoms with E-state index in [0.717, 1.165) is 10.1 Å². The molecule has 2 heterocycles. The molecule has 1 saturated heterocycles. The van der Waals surface area contributed by atoms with Crippen LogP contribution in [-0.2, 0) is 9.84 Å². The van der Waals surface area contributed by atoms with E-state index in [1.54, 1.807) is 0 Å². The van der Waals surface area contributed by atoms with Crippen molar-refractivity contribution in [3.05, 3.63) is 29.1 Å². The van der Waals surface area contributed by atoms with Crippen molar-refractivity contribution < 1.29 is 13.2 Å². The number of hydrogen-bond acceptors (Lipinski definition) is 5. The summed E-state index contributed by atoms with van der Waals surface area (Å²) < 4.78 is 24.2. The van der Waals surface area contributed by atoms with Gasteiger partial charge < -0.3 is 11.1 Å². The molecule has 1 aromatic carbocycles. The van der Waals surface area contributed by atoms with Crippen LogP contribution in [0.25, 0.3) is 10.1 Å². The quantitative estimate of drug-likeness (QED) is 0.881. The first-order valence-corrected chi connectivity index (χ1v) is 9.38. The van der Waals surface area contributed by atoms with Crippen LogP contribution in [0.2, 0.25) is 0 Å². The maximum Gasteiger partial charge on any atom is 0.263 e. The van der Waals surface area contributed by atoms with Crippen LogP contribution in [0.4, 0.5) is 5.69 Å². The number of carbonyl (C=O) groups excluding carboxylic acids is 1. The molecular formula is C14H16N2O3S2. The predicted octanol–water partition coefficient (Wildman–Crippen LogP) is 1.79. The average molecular weight is 324 g/mol. The fraction of sp³-hybridized carbons (Fsp3) is 0.357. The standard InChI is InChI=1S/C14H16N2O3S2/c15-12-10-5-1-2-6-11(10)20-13(12)14(17)16-9-4-3-7-21(18,19)8-9/h1-2,5-6,9H,3-4,7-8,15H2,(H,16,17). The van der Waals surface area contributed by atoms with Gasteiger partial charge in [0.25, 0.3) is 5.91 Å². The Morgan fingerprint density at radius 3 is 2.81 bits per heavy atom. The number of thiophene rings is 1. The molecule has 2 aromatic rings. The first-order chi connectivity index (χ1) is 9.96. The first kappa shape index (κ1) is 14.3. The molecule has 1 fully saturated rings. The van der Waals surface area contributed by atoms with E-state index in [-0.39, 0.29) is 23.5 Å². The van der Waals surface area contributed by atoms with E-state index < -0.39 is 9.84 Å². The van der Waals surface area contributed by atoms with Gasteiger partial charge in [0.1, 0.15) is 4.88 Å². The molecule has 1 aromatic heterocycles. The highest BCUT2D eigenvalue weighted by molar-refractivity contribution is 7.91. The molecule has 112 valence electrons. The predicted molar refractivity (Wildman–Crippen MR) is 85.4 cm³/mol. The molecule has 0 radical (unpaired) electrons. The molecule has 21 heavy (non-hydrogen) atoms. The lowest BCUT2D eigenvalue weighted by Gasteiger charge is -2.22. The van der Waals surface area contributed by atoms with Gasteiger partial charge >= 0.3 is 0 Å². The van der Waals surface area contributed by atoms with Gasteiger partial charge in [-0.15, -0.1) is 11.3 Å². The van der Waals surface area contributed by atoms with E-state index in [1.807, 2.05) is 24.3 Å². The molecule has 3 N–H and O–H groups in total. The molecule has 0 spiro atoms. The van der Waals surface area contributed by atoms with Crippen molar-refractivity contribution in [1.29, 1.82) is 0 Å². The zero-order valence-corrected chi connectivity index (χ0v) is 13.0. The molecule has 5 nitrogen and oxygen atoms in total. The lowest BCUT2D eigenvalue weighted by Crippen LogP contribution is -2.43. The molecule has 1 aliphatic rings. The van der Waals surface area contributed by atoms with E-state index in [0.29, 0.717) is 23.4 Å². The summed E-state index contributed by atoms with van der Waals surface area (Å²) in [6, 6.07) is 7.25. The van der Waals surface area contributed by atoms with Gasteiger partial charge in [0, 0.05) is 16.1 Å². The highest BCUT2D eigenvalue weighted by Crippen LogP contribution is 2.33. The fourth-order valence-corrected chi connectivity index (χ4v) is 5.28. The van der Waals surface area contributed by atoms with Crippen LogP contribution in [0.15, 0.2) is 24.3 Å². The Labute approximate surface area is 127 Å². The number of benzene rings is 1. The van der Waals surface area contributed by atoms with Crippen molar-refractivity contribution in [3.8, 4) is 0 Å². The molecule has 1 aliphatic heterocycles. The van der Waals surface area contributed by atoms with Gasteiger partial charge in [-0.2, -0.15) is 0 Å². The minimum Gasteiger partial charge on any atom is -0.397 e. The van der Waals surface area contributed by atoms with Crippen molar-refractivity contribution in [3.63, 3.8) is 0 Å². The number of anilines is 1. The van der Waals surface area contributed by atoms with E-state index >= 15 is 0 Å². The topological polar surface area (TPSA) is 89.3 Å². The summed E-state index contributed by atoms with van der Waals surface area (Å²) in [5, 5.41) is 3.67. The Morgan fingerprint density at radius 2 is 2.10 bits per heavy atom. The number of amides is 1. The molecule has 0 aliphatic carbocycles. The number of nitrogen functional groups attached to an aromatic ring is 1. The molecule has 1 unspecified atom stereocenters. The number of sulfone groups is 1. The number of rotatable bonds is 2. The second kappa shape index (κ2) is 5.31. The molecule has 3 rings (SSSR count). The van der Waals surface area contributed by atoms with Gasteiger partial charge in [-0.3, -0.25) is 4.79 Å². The lowest BCUT2D eigenvalue weighted by atomic mass is 10.1. The summed E-state index contributed by atoms with van der Waals surface area (Å²) in [6.07, 6.45) is 1.28. The van der Waals surface area contributed by atoms with Crippen LogP contribution >= 0.6 is 11.3 Å². The summed E-state index contributed by atoms with van der Waals surface area (Å²) in [5.74, 6) is -0.0516. The summed E-state index contributed by atoms with van der Waals surface area (Å²) in [6.45, 7) is 0. The number of carbonyl (C=O) groups is 1. The Bertz CT molecular complexity index is 796. The van der Waals surface area contributed by atoms with Crippen LogP contribution in [0.5, 0.6) is 0 Å². The maximum atomic E-state index is 12.3. The third-order valence-corrected chi connectivity index (χ3v) is 6.64. The lowest BCUT2D eigenvalue weighted by molar-refractivity contribution is 0.0943. The monoisotopic (exact) mass is 324 g/mol. The molecule has 0 bridgehead atoms. The molecule has 1 amide bonds. The van der Waals surface area contributed by atoms with Crippen molar-refractivity contribution in [2.45, 2.75) is 18.9 Å². The fourth-order valence-electron chi connectivity index (χ4n) is 2.62. The van der Waals surface area contributed by atoms with Gasteiger partial charge in [-0.1, -0.05) is 18.2 Å². The maximum absolute atomic E-state index is 12.3. The molecular weight excluding hydrogens is 308 g/mol.